The zero-order valence-corrected chi connectivity index (χ0v) is 15.8. The second kappa shape index (κ2) is 7.62. The smallest absolute Gasteiger partial charge is 0.223 e. The van der Waals surface area contributed by atoms with Crippen LogP contribution in [0.5, 0.6) is 0 Å². The summed E-state index contributed by atoms with van der Waals surface area (Å²) in [6.07, 6.45) is 9.06. The molecule has 2 saturated carbocycles. The van der Waals surface area contributed by atoms with Crippen LogP contribution in [0.3, 0.4) is 0 Å². The van der Waals surface area contributed by atoms with Crippen LogP contribution in [0.4, 0.5) is 5.13 Å². The lowest BCUT2D eigenvalue weighted by atomic mass is 9.65. The molecule has 2 heterocycles. The first-order valence-corrected chi connectivity index (χ1v) is 10.8. The number of nitrogens with zero attached hydrogens (tertiary/aromatic N) is 2. The Morgan fingerprint density at radius 3 is 2.68 bits per heavy atom. The highest BCUT2D eigenvalue weighted by Gasteiger charge is 2.40. The molecule has 3 fully saturated rings. The molecular formula is C19H30N4OS. The summed E-state index contributed by atoms with van der Waals surface area (Å²) in [5.74, 6) is 1.53. The van der Waals surface area contributed by atoms with E-state index in [4.69, 9.17) is 10.7 Å². The van der Waals surface area contributed by atoms with Gasteiger partial charge in [-0.1, -0.05) is 6.42 Å². The van der Waals surface area contributed by atoms with Gasteiger partial charge in [-0.05, 0) is 50.4 Å². The third-order valence-corrected chi connectivity index (χ3v) is 7.33. The van der Waals surface area contributed by atoms with Crippen LogP contribution in [-0.2, 0) is 11.2 Å². The second-order valence-electron chi connectivity index (χ2n) is 8.05. The van der Waals surface area contributed by atoms with Crippen LogP contribution in [0.15, 0.2) is 5.38 Å². The molecule has 1 aliphatic heterocycles. The van der Waals surface area contributed by atoms with Crippen molar-refractivity contribution in [3.63, 3.8) is 0 Å². The SMILES string of the molecule is NC1C2CCCC1CC(C(=O)NCCc1csc(N3CCCC3)n1)C2. The Morgan fingerprint density at radius 2 is 1.96 bits per heavy atom. The summed E-state index contributed by atoms with van der Waals surface area (Å²) in [6, 6.07) is 0.330. The van der Waals surface area contributed by atoms with Gasteiger partial charge in [-0.25, -0.2) is 4.98 Å². The fourth-order valence-electron chi connectivity index (χ4n) is 4.93. The number of thiazole rings is 1. The monoisotopic (exact) mass is 362 g/mol. The van der Waals surface area contributed by atoms with Crippen molar-refractivity contribution in [2.45, 2.75) is 57.4 Å². The van der Waals surface area contributed by atoms with Crippen LogP contribution in [0.1, 0.15) is 50.6 Å². The van der Waals surface area contributed by atoms with E-state index in [1.165, 1.54) is 32.1 Å². The highest BCUT2D eigenvalue weighted by atomic mass is 32.1. The molecule has 25 heavy (non-hydrogen) atoms. The van der Waals surface area contributed by atoms with Gasteiger partial charge in [0.15, 0.2) is 5.13 Å². The molecule has 1 aromatic heterocycles. The lowest BCUT2D eigenvalue weighted by Crippen LogP contribution is -2.49. The Hall–Kier alpha value is -1.14. The molecule has 2 atom stereocenters. The number of carbonyl (C=O) groups excluding carboxylic acids is 1. The molecule has 1 amide bonds. The zero-order valence-electron chi connectivity index (χ0n) is 15.0. The number of nitrogens with two attached hydrogens (primary N) is 1. The van der Waals surface area contributed by atoms with E-state index in [2.05, 4.69) is 15.6 Å². The molecule has 6 heteroatoms. The van der Waals surface area contributed by atoms with Crippen molar-refractivity contribution in [2.75, 3.05) is 24.5 Å². The van der Waals surface area contributed by atoms with Crippen LogP contribution in [0.25, 0.3) is 0 Å². The molecule has 0 radical (unpaired) electrons. The van der Waals surface area contributed by atoms with Crippen molar-refractivity contribution in [3.8, 4) is 0 Å². The lowest BCUT2D eigenvalue weighted by Gasteiger charge is -2.43. The van der Waals surface area contributed by atoms with Crippen LogP contribution in [0, 0.1) is 17.8 Å². The second-order valence-corrected chi connectivity index (χ2v) is 8.89. The van der Waals surface area contributed by atoms with Crippen LogP contribution in [-0.4, -0.2) is 36.6 Å². The Bertz CT molecular complexity index is 584. The van der Waals surface area contributed by atoms with Crippen molar-refractivity contribution in [3.05, 3.63) is 11.1 Å². The summed E-state index contributed by atoms with van der Waals surface area (Å²) in [4.78, 5) is 19.7. The van der Waals surface area contributed by atoms with Gasteiger partial charge in [-0.3, -0.25) is 4.79 Å². The van der Waals surface area contributed by atoms with Crippen molar-refractivity contribution >= 4 is 22.4 Å². The molecule has 138 valence electrons. The molecule has 3 N–H and O–H groups in total. The van der Waals surface area contributed by atoms with Crippen molar-refractivity contribution in [2.24, 2.45) is 23.5 Å². The molecule has 0 spiro atoms. The average molecular weight is 363 g/mol. The van der Waals surface area contributed by atoms with Gasteiger partial charge < -0.3 is 16.0 Å². The van der Waals surface area contributed by atoms with E-state index in [0.717, 1.165) is 43.2 Å². The molecule has 1 aromatic rings. The Kier molecular flexibility index (Phi) is 5.27. The molecular weight excluding hydrogens is 332 g/mol. The van der Waals surface area contributed by atoms with E-state index in [0.29, 0.717) is 24.4 Å². The summed E-state index contributed by atoms with van der Waals surface area (Å²) in [6.45, 7) is 2.96. The van der Waals surface area contributed by atoms with Crippen molar-refractivity contribution < 1.29 is 4.79 Å². The van der Waals surface area contributed by atoms with Gasteiger partial charge in [0.1, 0.15) is 0 Å². The highest BCUT2D eigenvalue weighted by Crippen LogP contribution is 2.41. The highest BCUT2D eigenvalue weighted by molar-refractivity contribution is 7.13. The van der Waals surface area contributed by atoms with Crippen LogP contribution < -0.4 is 16.0 Å². The normalized spacial score (nSPS) is 32.0. The van der Waals surface area contributed by atoms with E-state index in [9.17, 15) is 4.79 Å². The third kappa shape index (κ3) is 3.85. The van der Waals surface area contributed by atoms with Crippen LogP contribution >= 0.6 is 11.3 Å². The minimum atomic E-state index is 0.172. The van der Waals surface area contributed by atoms with Gasteiger partial charge in [0.2, 0.25) is 5.91 Å². The maximum atomic E-state index is 12.6. The third-order valence-electron chi connectivity index (χ3n) is 6.38. The summed E-state index contributed by atoms with van der Waals surface area (Å²) in [7, 11) is 0. The topological polar surface area (TPSA) is 71.2 Å². The van der Waals surface area contributed by atoms with Crippen molar-refractivity contribution in [1.82, 2.24) is 10.3 Å². The Morgan fingerprint density at radius 1 is 1.24 bits per heavy atom. The number of carbonyl (C=O) groups is 1. The number of hydrogen-bond acceptors (Lipinski definition) is 5. The Labute approximate surface area is 154 Å². The van der Waals surface area contributed by atoms with Gasteiger partial charge in [0.25, 0.3) is 0 Å². The quantitative estimate of drug-likeness (QED) is 0.844. The number of nitrogens with one attached hydrogen (secondary N) is 1. The average Bonchev–Trinajstić information content (AvgIpc) is 3.25. The molecule has 3 aliphatic rings. The summed E-state index contributed by atoms with van der Waals surface area (Å²) >= 11 is 1.73. The maximum Gasteiger partial charge on any atom is 0.223 e. The van der Waals surface area contributed by atoms with Gasteiger partial charge in [-0.2, -0.15) is 0 Å². The Balaban J connectivity index is 1.24. The summed E-state index contributed by atoms with van der Waals surface area (Å²) in [5.41, 5.74) is 7.44. The largest absolute Gasteiger partial charge is 0.355 e. The predicted octanol–water partition coefficient (Wildman–Crippen LogP) is 2.56. The molecule has 1 saturated heterocycles. The predicted molar refractivity (Wildman–Crippen MR) is 102 cm³/mol. The molecule has 4 rings (SSSR count). The van der Waals surface area contributed by atoms with E-state index < -0.39 is 0 Å². The minimum Gasteiger partial charge on any atom is -0.355 e. The first-order chi connectivity index (χ1) is 12.2. The number of hydrogen-bond donors (Lipinski definition) is 2. The molecule has 2 bridgehead atoms. The van der Waals surface area contributed by atoms with Crippen LogP contribution in [0.2, 0.25) is 0 Å². The lowest BCUT2D eigenvalue weighted by molar-refractivity contribution is -0.127. The first-order valence-electron chi connectivity index (χ1n) is 9.93. The van der Waals surface area contributed by atoms with E-state index >= 15 is 0 Å². The molecule has 5 nitrogen and oxygen atoms in total. The zero-order chi connectivity index (χ0) is 17.2. The van der Waals surface area contributed by atoms with Gasteiger partial charge in [0.05, 0.1) is 5.69 Å². The van der Waals surface area contributed by atoms with Gasteiger partial charge in [-0.15, -0.1) is 11.3 Å². The molecule has 2 aliphatic carbocycles. The number of fused-ring (bicyclic) bond motifs is 2. The van der Waals surface area contributed by atoms with Gasteiger partial charge >= 0.3 is 0 Å². The minimum absolute atomic E-state index is 0.172. The number of rotatable bonds is 5. The maximum absolute atomic E-state index is 12.6. The number of amides is 1. The van der Waals surface area contributed by atoms with Gasteiger partial charge in [0, 0.05) is 43.4 Å². The van der Waals surface area contributed by atoms with E-state index in [1.54, 1.807) is 11.3 Å². The number of anilines is 1. The van der Waals surface area contributed by atoms with E-state index in [1.807, 2.05) is 0 Å². The fraction of sp³-hybridized carbons (Fsp3) is 0.789. The number of aromatic nitrogens is 1. The molecule has 2 unspecified atom stereocenters. The fourth-order valence-corrected chi connectivity index (χ4v) is 5.84. The molecule has 0 aromatic carbocycles. The van der Waals surface area contributed by atoms with Crippen molar-refractivity contribution in [1.29, 1.82) is 0 Å². The van der Waals surface area contributed by atoms with E-state index in [-0.39, 0.29) is 11.8 Å². The standard InChI is InChI=1S/C19H30N4OS/c20-17-13-4-3-5-14(17)11-15(10-13)18(24)21-7-6-16-12-25-19(22-16)23-8-1-2-9-23/h12-15,17H,1-11,20H2,(H,21,24). The first kappa shape index (κ1) is 17.3. The summed E-state index contributed by atoms with van der Waals surface area (Å²) in [5, 5.41) is 6.44. The summed E-state index contributed by atoms with van der Waals surface area (Å²) < 4.78 is 0.